The molecule has 1 saturated heterocycles. The highest BCUT2D eigenvalue weighted by atomic mass is 16.4. The molecule has 5 heteroatoms. The van der Waals surface area contributed by atoms with Gasteiger partial charge in [-0.3, -0.25) is 0 Å². The van der Waals surface area contributed by atoms with Crippen LogP contribution in [0.2, 0.25) is 6.32 Å². The van der Waals surface area contributed by atoms with Gasteiger partial charge in [0.25, 0.3) is 0 Å². The highest BCUT2D eigenvalue weighted by molar-refractivity contribution is 6.40. The average molecular weight is 186 g/mol. The first-order valence-electron chi connectivity index (χ1n) is 5.02. The lowest BCUT2D eigenvalue weighted by Crippen LogP contribution is -2.29. The molecule has 0 aromatic carbocycles. The van der Waals surface area contributed by atoms with Gasteiger partial charge >= 0.3 is 7.12 Å². The van der Waals surface area contributed by atoms with Crippen LogP contribution in [0.3, 0.4) is 0 Å². The second-order valence-electron chi connectivity index (χ2n) is 3.85. The van der Waals surface area contributed by atoms with Crippen molar-refractivity contribution in [2.24, 2.45) is 11.7 Å². The van der Waals surface area contributed by atoms with Gasteiger partial charge in [0.1, 0.15) is 0 Å². The third-order valence-corrected chi connectivity index (χ3v) is 2.67. The van der Waals surface area contributed by atoms with Gasteiger partial charge in [0.2, 0.25) is 0 Å². The predicted molar refractivity (Wildman–Crippen MR) is 53.2 cm³/mol. The zero-order chi connectivity index (χ0) is 9.68. The van der Waals surface area contributed by atoms with Crippen LogP contribution in [0.5, 0.6) is 0 Å². The van der Waals surface area contributed by atoms with E-state index in [1.165, 1.54) is 0 Å². The second-order valence-corrected chi connectivity index (χ2v) is 3.85. The summed E-state index contributed by atoms with van der Waals surface area (Å²) in [5, 5.41) is 20.6. The van der Waals surface area contributed by atoms with Crippen LogP contribution < -0.4 is 11.1 Å². The van der Waals surface area contributed by atoms with Gasteiger partial charge in [-0.05, 0) is 31.6 Å². The summed E-state index contributed by atoms with van der Waals surface area (Å²) in [5.41, 5.74) is 5.53. The van der Waals surface area contributed by atoms with Gasteiger partial charge in [-0.1, -0.05) is 6.42 Å². The summed E-state index contributed by atoms with van der Waals surface area (Å²) in [7, 11) is -1.14. The molecule has 0 amide bonds. The Kier molecular flexibility index (Phi) is 4.73. The van der Waals surface area contributed by atoms with Gasteiger partial charge < -0.3 is 21.1 Å². The third-order valence-electron chi connectivity index (χ3n) is 2.67. The standard InChI is InChI=1S/C8H19BN2O2/c10-5-8-4-7(6-11-8)2-1-3-9(12)13/h7-8,11-13H,1-6,10H2/t7-,8+/m1/s1. The molecule has 1 rings (SSSR count). The number of hydrogen-bond donors (Lipinski definition) is 4. The Morgan fingerprint density at radius 1 is 1.46 bits per heavy atom. The molecule has 0 aliphatic carbocycles. The lowest BCUT2D eigenvalue weighted by Gasteiger charge is -2.07. The fourth-order valence-electron chi connectivity index (χ4n) is 1.89. The molecule has 2 atom stereocenters. The molecular weight excluding hydrogens is 167 g/mol. The third kappa shape index (κ3) is 4.09. The summed E-state index contributed by atoms with van der Waals surface area (Å²) in [4.78, 5) is 0. The Hall–Kier alpha value is -0.0951. The van der Waals surface area contributed by atoms with Gasteiger partial charge in [0, 0.05) is 12.6 Å². The van der Waals surface area contributed by atoms with Crippen molar-refractivity contribution in [2.45, 2.75) is 31.6 Å². The fraction of sp³-hybridized carbons (Fsp3) is 1.00. The van der Waals surface area contributed by atoms with Crippen LogP contribution in [0.25, 0.3) is 0 Å². The van der Waals surface area contributed by atoms with Crippen LogP contribution in [0.4, 0.5) is 0 Å². The molecule has 0 saturated carbocycles. The van der Waals surface area contributed by atoms with Crippen molar-refractivity contribution in [3.63, 3.8) is 0 Å². The van der Waals surface area contributed by atoms with E-state index in [1.807, 2.05) is 0 Å². The lowest BCUT2D eigenvalue weighted by atomic mass is 9.82. The molecule has 0 spiro atoms. The van der Waals surface area contributed by atoms with E-state index in [4.69, 9.17) is 15.8 Å². The molecule has 1 aliphatic heterocycles. The van der Waals surface area contributed by atoms with E-state index in [-0.39, 0.29) is 0 Å². The minimum Gasteiger partial charge on any atom is -0.427 e. The molecule has 13 heavy (non-hydrogen) atoms. The largest absolute Gasteiger partial charge is 0.451 e. The maximum absolute atomic E-state index is 8.64. The Morgan fingerprint density at radius 3 is 2.77 bits per heavy atom. The minimum atomic E-state index is -1.14. The van der Waals surface area contributed by atoms with Crippen molar-refractivity contribution in [2.75, 3.05) is 13.1 Å². The zero-order valence-electron chi connectivity index (χ0n) is 7.95. The van der Waals surface area contributed by atoms with Crippen LogP contribution in [0.15, 0.2) is 0 Å². The topological polar surface area (TPSA) is 78.5 Å². The molecule has 5 N–H and O–H groups in total. The van der Waals surface area contributed by atoms with E-state index < -0.39 is 7.12 Å². The highest BCUT2D eigenvalue weighted by Gasteiger charge is 2.22. The molecule has 0 bridgehead atoms. The smallest absolute Gasteiger partial charge is 0.427 e. The Balaban J connectivity index is 2.03. The quantitative estimate of drug-likeness (QED) is 0.423. The monoisotopic (exact) mass is 186 g/mol. The Labute approximate surface area is 79.7 Å². The molecule has 1 aliphatic rings. The van der Waals surface area contributed by atoms with Crippen LogP contribution in [-0.2, 0) is 0 Å². The van der Waals surface area contributed by atoms with Crippen molar-refractivity contribution in [3.05, 3.63) is 0 Å². The number of rotatable bonds is 5. The van der Waals surface area contributed by atoms with Gasteiger partial charge in [0.05, 0.1) is 0 Å². The van der Waals surface area contributed by atoms with Gasteiger partial charge in [-0.25, -0.2) is 0 Å². The molecule has 1 fully saturated rings. The van der Waals surface area contributed by atoms with Crippen LogP contribution in [-0.4, -0.2) is 36.3 Å². The normalized spacial score (nSPS) is 27.9. The number of nitrogens with two attached hydrogens (primary N) is 1. The average Bonchev–Trinajstić information content (AvgIpc) is 2.52. The van der Waals surface area contributed by atoms with Crippen molar-refractivity contribution < 1.29 is 10.0 Å². The van der Waals surface area contributed by atoms with Gasteiger partial charge in [-0.15, -0.1) is 0 Å². The summed E-state index contributed by atoms with van der Waals surface area (Å²) in [6.07, 6.45) is 3.59. The summed E-state index contributed by atoms with van der Waals surface area (Å²) >= 11 is 0. The highest BCUT2D eigenvalue weighted by Crippen LogP contribution is 2.19. The molecular formula is C8H19BN2O2. The zero-order valence-corrected chi connectivity index (χ0v) is 7.95. The second kappa shape index (κ2) is 5.60. The summed E-state index contributed by atoms with van der Waals surface area (Å²) in [6, 6.07) is 0.476. The van der Waals surface area contributed by atoms with Crippen molar-refractivity contribution in [3.8, 4) is 0 Å². The van der Waals surface area contributed by atoms with Gasteiger partial charge in [-0.2, -0.15) is 0 Å². The maximum Gasteiger partial charge on any atom is 0.451 e. The van der Waals surface area contributed by atoms with Crippen molar-refractivity contribution in [1.82, 2.24) is 5.32 Å². The lowest BCUT2D eigenvalue weighted by molar-refractivity contribution is 0.396. The van der Waals surface area contributed by atoms with E-state index >= 15 is 0 Å². The summed E-state index contributed by atoms with van der Waals surface area (Å²) < 4.78 is 0. The minimum absolute atomic E-state index is 0.476. The van der Waals surface area contributed by atoms with Gasteiger partial charge in [0.15, 0.2) is 0 Å². The van der Waals surface area contributed by atoms with Crippen molar-refractivity contribution in [1.29, 1.82) is 0 Å². The van der Waals surface area contributed by atoms with E-state index in [1.54, 1.807) is 0 Å². The van der Waals surface area contributed by atoms with Crippen LogP contribution in [0, 0.1) is 5.92 Å². The van der Waals surface area contributed by atoms with Crippen molar-refractivity contribution >= 4 is 7.12 Å². The molecule has 0 aromatic rings. The maximum atomic E-state index is 8.64. The first kappa shape index (κ1) is 11.0. The van der Waals surface area contributed by atoms with E-state index in [9.17, 15) is 0 Å². The summed E-state index contributed by atoms with van der Waals surface area (Å²) in [5.74, 6) is 0.673. The predicted octanol–water partition coefficient (Wildman–Crippen LogP) is -0.824. The number of hydrogen-bond acceptors (Lipinski definition) is 4. The Bertz CT molecular complexity index is 146. The van der Waals surface area contributed by atoms with E-state index in [0.717, 1.165) is 25.8 Å². The molecule has 1 heterocycles. The molecule has 0 unspecified atom stereocenters. The Morgan fingerprint density at radius 2 is 2.23 bits per heavy atom. The number of nitrogens with one attached hydrogen (secondary N) is 1. The SMILES string of the molecule is NC[C@@H]1C[C@@H](CCCB(O)O)CN1. The van der Waals surface area contributed by atoms with E-state index in [0.29, 0.717) is 24.8 Å². The fourth-order valence-corrected chi connectivity index (χ4v) is 1.89. The van der Waals surface area contributed by atoms with Crippen LogP contribution >= 0.6 is 0 Å². The molecule has 0 aromatic heterocycles. The molecule has 76 valence electrons. The van der Waals surface area contributed by atoms with Crippen LogP contribution in [0.1, 0.15) is 19.3 Å². The first-order valence-corrected chi connectivity index (χ1v) is 5.02. The first-order chi connectivity index (χ1) is 6.22. The molecule has 4 nitrogen and oxygen atoms in total. The molecule has 0 radical (unpaired) electrons. The summed E-state index contributed by atoms with van der Waals surface area (Å²) in [6.45, 7) is 1.74. The van der Waals surface area contributed by atoms with E-state index in [2.05, 4.69) is 5.32 Å².